The zero-order chi connectivity index (χ0) is 14.2. The molecule has 2 aromatic rings. The monoisotopic (exact) mass is 334 g/mol. The minimum atomic E-state index is 0. The number of nitrogens with zero attached hydrogens (tertiary/aromatic N) is 2. The van der Waals surface area contributed by atoms with Crippen molar-refractivity contribution in [3.8, 4) is 0 Å². The molecule has 5 heteroatoms. The molecule has 19 heavy (non-hydrogen) atoms. The van der Waals surface area contributed by atoms with Gasteiger partial charge in [-0.15, -0.1) is 0 Å². The molecule has 98 valence electrons. The molecule has 0 bridgehead atoms. The second-order valence-electron chi connectivity index (χ2n) is 2.62. The predicted octanol–water partition coefficient (Wildman–Crippen LogP) is 3.18. The quantitative estimate of drug-likeness (QED) is 0.333. The van der Waals surface area contributed by atoms with Crippen LogP contribution >= 0.6 is 0 Å². The van der Waals surface area contributed by atoms with Gasteiger partial charge in [0.25, 0.3) is 0 Å². The van der Waals surface area contributed by atoms with Crippen molar-refractivity contribution in [2.45, 2.75) is 6.92 Å². The van der Waals surface area contributed by atoms with Crippen LogP contribution in [0.3, 0.4) is 0 Å². The summed E-state index contributed by atoms with van der Waals surface area (Å²) in [6.07, 6.45) is 0. The molecule has 0 atom stereocenters. The Kier molecular flexibility index (Phi) is 22.2. The Balaban J connectivity index is -0.000000220. The molecule has 0 spiro atoms. The van der Waals surface area contributed by atoms with E-state index in [1.165, 1.54) is 5.56 Å². The zero-order valence-electron chi connectivity index (χ0n) is 10.0. The SMILES string of the molecule is Cc1ccc(N=[N-])cc1.[C-]#[O+].[C-]#[O+].[Mo].[c-]1[c-][c-][cH-][c-]1. The van der Waals surface area contributed by atoms with Crippen LogP contribution in [0.4, 0.5) is 5.69 Å². The molecule has 2 rings (SSSR count). The van der Waals surface area contributed by atoms with Gasteiger partial charge in [-0.25, -0.2) is 0 Å². The van der Waals surface area contributed by atoms with Crippen LogP contribution in [0, 0.1) is 44.5 Å². The van der Waals surface area contributed by atoms with Gasteiger partial charge in [0.05, 0.1) is 0 Å². The van der Waals surface area contributed by atoms with Gasteiger partial charge in [0.15, 0.2) is 0 Å². The van der Waals surface area contributed by atoms with E-state index >= 15 is 0 Å². The molecule has 0 fully saturated rings. The van der Waals surface area contributed by atoms with Crippen molar-refractivity contribution >= 4 is 5.69 Å². The van der Waals surface area contributed by atoms with E-state index in [0.29, 0.717) is 5.69 Å². The average molecular weight is 332 g/mol. The third kappa shape index (κ3) is 14.3. The van der Waals surface area contributed by atoms with Crippen molar-refractivity contribution in [2.75, 3.05) is 0 Å². The van der Waals surface area contributed by atoms with Crippen LogP contribution in [0.1, 0.15) is 5.56 Å². The number of benzene rings is 1. The van der Waals surface area contributed by atoms with Crippen LogP contribution in [-0.4, -0.2) is 0 Å². The van der Waals surface area contributed by atoms with E-state index in [0.717, 1.165) is 0 Å². The third-order valence-electron chi connectivity index (χ3n) is 1.50. The summed E-state index contributed by atoms with van der Waals surface area (Å²) < 4.78 is 15.0. The van der Waals surface area contributed by atoms with Gasteiger partial charge < -0.3 is 41.0 Å². The van der Waals surface area contributed by atoms with Crippen LogP contribution in [0.5, 0.6) is 0 Å². The minimum Gasteiger partial charge on any atom is -0.999 e. The van der Waals surface area contributed by atoms with Crippen LogP contribution < -0.4 is 0 Å². The van der Waals surface area contributed by atoms with Gasteiger partial charge in [0.1, 0.15) is 0 Å². The smallest absolute Gasteiger partial charge is 0 e. The van der Waals surface area contributed by atoms with Crippen molar-refractivity contribution in [2.24, 2.45) is 5.11 Å². The first-order chi connectivity index (χ1) is 8.83. The van der Waals surface area contributed by atoms with Gasteiger partial charge >= 0.3 is 22.6 Å². The van der Waals surface area contributed by atoms with Crippen LogP contribution in [0.2, 0.25) is 0 Å². The molecule has 0 aliphatic rings. The fourth-order valence-electron chi connectivity index (χ4n) is 0.792. The van der Waals surface area contributed by atoms with E-state index in [-0.39, 0.29) is 21.1 Å². The molecule has 0 amide bonds. The average Bonchev–Trinajstić information content (AvgIpc) is 3.03. The van der Waals surface area contributed by atoms with Gasteiger partial charge in [0.2, 0.25) is 0 Å². The first kappa shape index (κ1) is 22.5. The summed E-state index contributed by atoms with van der Waals surface area (Å²) in [7, 11) is 0. The molecule has 0 saturated heterocycles. The van der Waals surface area contributed by atoms with E-state index in [9.17, 15) is 0 Å². The summed E-state index contributed by atoms with van der Waals surface area (Å²) >= 11 is 0. The standard InChI is InChI=1S/C7H7N2.C5H.2CO.Mo/c1-6-2-4-7(9-8)5-3-6;1-2-4-5-3-1;2*1-2;/h2-5H,1H3;1H;;;/q-1;-5;;;. The molecule has 4 nitrogen and oxygen atoms in total. The van der Waals surface area contributed by atoms with E-state index in [1.807, 2.05) is 19.1 Å². The predicted molar refractivity (Wildman–Crippen MR) is 61.9 cm³/mol. The van der Waals surface area contributed by atoms with Crippen molar-refractivity contribution < 1.29 is 30.4 Å². The van der Waals surface area contributed by atoms with E-state index in [1.54, 1.807) is 18.2 Å². The molecule has 0 radical (unpaired) electrons. The Morgan fingerprint density at radius 3 is 1.74 bits per heavy atom. The molecule has 0 N–H and O–H groups in total. The van der Waals surface area contributed by atoms with Crippen LogP contribution in [0.15, 0.2) is 35.4 Å². The second-order valence-corrected chi connectivity index (χ2v) is 2.62. The fourth-order valence-corrected chi connectivity index (χ4v) is 0.792. The van der Waals surface area contributed by atoms with E-state index in [4.69, 9.17) is 14.8 Å². The minimum absolute atomic E-state index is 0. The maximum Gasteiger partial charge on any atom is 0 e. The zero-order valence-corrected chi connectivity index (χ0v) is 12.0. The number of aryl methyl sites for hydroxylation is 1. The van der Waals surface area contributed by atoms with Gasteiger partial charge in [-0.05, 0) is 19.1 Å². The Morgan fingerprint density at radius 1 is 1.05 bits per heavy atom. The Hall–Kier alpha value is -1.66. The first-order valence-corrected chi connectivity index (χ1v) is 4.48. The fraction of sp³-hybridized carbons (Fsp3) is 0.0714. The maximum atomic E-state index is 8.25. The summed E-state index contributed by atoms with van der Waals surface area (Å²) in [5.74, 6) is 0. The van der Waals surface area contributed by atoms with Crippen molar-refractivity contribution in [1.29, 1.82) is 0 Å². The molecular weight excluding hydrogens is 324 g/mol. The number of rotatable bonds is 1. The molecule has 0 aliphatic carbocycles. The van der Waals surface area contributed by atoms with Crippen LogP contribution in [-0.2, 0) is 30.4 Å². The van der Waals surface area contributed by atoms with E-state index in [2.05, 4.69) is 42.7 Å². The number of hydrogen-bond acceptors (Lipinski definition) is 1. The topological polar surface area (TPSA) is 74.5 Å². The first-order valence-electron chi connectivity index (χ1n) is 4.48. The molecule has 2 aromatic carbocycles. The normalized spacial score (nSPS) is 6.58. The summed E-state index contributed by atoms with van der Waals surface area (Å²) in [5.41, 5.74) is 10.0. The number of hydrogen-bond donors (Lipinski definition) is 0. The summed E-state index contributed by atoms with van der Waals surface area (Å²) in [6, 6.07) is 19.3. The Labute approximate surface area is 127 Å². The largest absolute Gasteiger partial charge is 0.999 e. The molecule has 0 saturated carbocycles. The molecule has 0 aliphatic heterocycles. The third-order valence-corrected chi connectivity index (χ3v) is 1.50. The van der Waals surface area contributed by atoms with Crippen LogP contribution in [0.25, 0.3) is 5.53 Å². The summed E-state index contributed by atoms with van der Waals surface area (Å²) in [4.78, 5) is 0. The summed E-state index contributed by atoms with van der Waals surface area (Å²) in [5, 5.41) is 3.01. The van der Waals surface area contributed by atoms with E-state index < -0.39 is 0 Å². The Bertz CT molecular complexity index is 410. The van der Waals surface area contributed by atoms with Crippen molar-refractivity contribution in [3.05, 3.63) is 79.0 Å². The molecular formula is C14H8MoN2O2-6. The van der Waals surface area contributed by atoms with Gasteiger partial charge in [0, 0.05) is 26.8 Å². The molecule has 0 unspecified atom stereocenters. The summed E-state index contributed by atoms with van der Waals surface area (Å²) in [6.45, 7) is 11.0. The maximum absolute atomic E-state index is 8.25. The molecule has 0 heterocycles. The molecule has 0 aromatic heterocycles. The van der Waals surface area contributed by atoms with Gasteiger partial charge in [-0.1, -0.05) is 17.7 Å². The van der Waals surface area contributed by atoms with Crippen molar-refractivity contribution in [1.82, 2.24) is 0 Å². The van der Waals surface area contributed by atoms with Gasteiger partial charge in [-0.2, -0.15) is 0 Å². The van der Waals surface area contributed by atoms with Crippen molar-refractivity contribution in [3.63, 3.8) is 0 Å². The second kappa shape index (κ2) is 18.7. The van der Waals surface area contributed by atoms with Gasteiger partial charge in [-0.3, -0.25) is 0 Å². The Morgan fingerprint density at radius 2 is 1.47 bits per heavy atom.